The highest BCUT2D eigenvalue weighted by Gasteiger charge is 2.07. The molecule has 7 heteroatoms. The molecule has 0 saturated heterocycles. The molecule has 5 nitrogen and oxygen atoms in total. The molecule has 0 spiro atoms. The summed E-state index contributed by atoms with van der Waals surface area (Å²) < 4.78 is 18.2. The van der Waals surface area contributed by atoms with Crippen molar-refractivity contribution in [1.82, 2.24) is 15.0 Å². The summed E-state index contributed by atoms with van der Waals surface area (Å²) in [5, 5.41) is 0.372. The summed E-state index contributed by atoms with van der Waals surface area (Å²) >= 11 is 1.19. The number of benzene rings is 1. The fourth-order valence-corrected chi connectivity index (χ4v) is 2.02. The molecule has 2 rings (SSSR count). The van der Waals surface area contributed by atoms with Crippen LogP contribution < -0.4 is 10.5 Å². The fourth-order valence-electron chi connectivity index (χ4n) is 1.23. The summed E-state index contributed by atoms with van der Waals surface area (Å²) in [6, 6.07) is 6.31. The topological polar surface area (TPSA) is 73.9 Å². The van der Waals surface area contributed by atoms with E-state index in [-0.39, 0.29) is 17.8 Å². The van der Waals surface area contributed by atoms with Crippen molar-refractivity contribution in [2.45, 2.75) is 17.0 Å². The Bertz CT molecular complexity index is 552. The minimum absolute atomic E-state index is 0.0763. The highest BCUT2D eigenvalue weighted by Crippen LogP contribution is 2.26. The Hall–Kier alpha value is -1.89. The minimum Gasteiger partial charge on any atom is -0.464 e. The smallest absolute Gasteiger partial charge is 0.322 e. The van der Waals surface area contributed by atoms with Gasteiger partial charge in [0.25, 0.3) is 0 Å². The summed E-state index contributed by atoms with van der Waals surface area (Å²) in [6.07, 6.45) is 0. The predicted octanol–water partition coefficient (Wildman–Crippen LogP) is 2.14. The van der Waals surface area contributed by atoms with Gasteiger partial charge in [-0.15, -0.1) is 0 Å². The molecule has 0 aliphatic carbocycles. The van der Waals surface area contributed by atoms with Gasteiger partial charge in [0, 0.05) is 4.90 Å². The number of halogens is 1. The zero-order valence-corrected chi connectivity index (χ0v) is 10.4. The average molecular weight is 266 g/mol. The van der Waals surface area contributed by atoms with Crippen molar-refractivity contribution < 1.29 is 9.13 Å². The third kappa shape index (κ3) is 3.30. The molecule has 94 valence electrons. The molecule has 0 saturated carbocycles. The van der Waals surface area contributed by atoms with E-state index < -0.39 is 0 Å². The first-order valence-electron chi connectivity index (χ1n) is 5.25. The summed E-state index contributed by atoms with van der Waals surface area (Å²) in [5.74, 6) is -0.237. The van der Waals surface area contributed by atoms with Crippen molar-refractivity contribution in [2.75, 3.05) is 12.3 Å². The van der Waals surface area contributed by atoms with Crippen LogP contribution >= 0.6 is 11.8 Å². The van der Waals surface area contributed by atoms with Crippen LogP contribution in [0.2, 0.25) is 0 Å². The SMILES string of the molecule is CCOc1nc(N)nc(Sc2cccc(F)c2)n1. The molecule has 0 aliphatic rings. The van der Waals surface area contributed by atoms with Crippen LogP contribution in [0.4, 0.5) is 10.3 Å². The summed E-state index contributed by atoms with van der Waals surface area (Å²) in [4.78, 5) is 12.5. The molecule has 0 bridgehead atoms. The highest BCUT2D eigenvalue weighted by molar-refractivity contribution is 7.99. The van der Waals surface area contributed by atoms with Gasteiger partial charge in [0.1, 0.15) is 5.82 Å². The third-order valence-electron chi connectivity index (χ3n) is 1.89. The number of hydrogen-bond acceptors (Lipinski definition) is 6. The van der Waals surface area contributed by atoms with Gasteiger partial charge < -0.3 is 10.5 Å². The van der Waals surface area contributed by atoms with Gasteiger partial charge in [0.05, 0.1) is 6.61 Å². The van der Waals surface area contributed by atoms with Gasteiger partial charge in [-0.1, -0.05) is 6.07 Å². The standard InChI is InChI=1S/C11H11FN4OS/c1-2-17-10-14-9(13)15-11(16-10)18-8-5-3-4-7(12)6-8/h3-6H,2H2,1H3,(H2,13,14,15,16). The van der Waals surface area contributed by atoms with Crippen LogP contribution in [0.15, 0.2) is 34.3 Å². The molecule has 1 aromatic carbocycles. The number of aromatic nitrogens is 3. The lowest BCUT2D eigenvalue weighted by atomic mass is 10.4. The largest absolute Gasteiger partial charge is 0.464 e. The lowest BCUT2D eigenvalue weighted by Crippen LogP contribution is -2.04. The molecule has 0 unspecified atom stereocenters. The van der Waals surface area contributed by atoms with E-state index in [2.05, 4.69) is 15.0 Å². The van der Waals surface area contributed by atoms with Gasteiger partial charge in [0.2, 0.25) is 11.1 Å². The van der Waals surface area contributed by atoms with Crippen molar-refractivity contribution in [3.8, 4) is 6.01 Å². The zero-order valence-electron chi connectivity index (χ0n) is 9.63. The number of nitrogen functional groups attached to an aromatic ring is 1. The van der Waals surface area contributed by atoms with E-state index in [1.807, 2.05) is 6.92 Å². The number of anilines is 1. The fraction of sp³-hybridized carbons (Fsp3) is 0.182. The lowest BCUT2D eigenvalue weighted by molar-refractivity contribution is 0.308. The maximum absolute atomic E-state index is 13.0. The Morgan fingerprint density at radius 2 is 2.17 bits per heavy atom. The molecule has 1 heterocycles. The van der Waals surface area contributed by atoms with Crippen LogP contribution in [0.5, 0.6) is 6.01 Å². The van der Waals surface area contributed by atoms with E-state index in [4.69, 9.17) is 10.5 Å². The monoisotopic (exact) mass is 266 g/mol. The second-order valence-electron chi connectivity index (χ2n) is 3.25. The van der Waals surface area contributed by atoms with E-state index in [0.29, 0.717) is 16.7 Å². The lowest BCUT2D eigenvalue weighted by Gasteiger charge is -2.04. The van der Waals surface area contributed by atoms with Gasteiger partial charge in [0.15, 0.2) is 0 Å². The molecule has 2 aromatic rings. The summed E-state index contributed by atoms with van der Waals surface area (Å²) in [5.41, 5.74) is 5.54. The van der Waals surface area contributed by atoms with Gasteiger partial charge >= 0.3 is 6.01 Å². The molecular weight excluding hydrogens is 255 g/mol. The second kappa shape index (κ2) is 5.63. The van der Waals surface area contributed by atoms with Gasteiger partial charge in [-0.05, 0) is 36.9 Å². The van der Waals surface area contributed by atoms with Crippen LogP contribution in [0.25, 0.3) is 0 Å². The van der Waals surface area contributed by atoms with Crippen molar-refractivity contribution >= 4 is 17.7 Å². The Kier molecular flexibility index (Phi) is 3.93. The maximum atomic E-state index is 13.0. The van der Waals surface area contributed by atoms with Gasteiger partial charge in [-0.3, -0.25) is 0 Å². The quantitative estimate of drug-likeness (QED) is 0.914. The molecule has 2 N–H and O–H groups in total. The maximum Gasteiger partial charge on any atom is 0.322 e. The Morgan fingerprint density at radius 1 is 1.33 bits per heavy atom. The molecule has 0 aliphatic heterocycles. The normalized spacial score (nSPS) is 10.3. The number of rotatable bonds is 4. The molecule has 0 radical (unpaired) electrons. The molecule has 0 fully saturated rings. The average Bonchev–Trinajstić information content (AvgIpc) is 2.28. The van der Waals surface area contributed by atoms with E-state index in [9.17, 15) is 4.39 Å². The van der Waals surface area contributed by atoms with E-state index >= 15 is 0 Å². The zero-order chi connectivity index (χ0) is 13.0. The van der Waals surface area contributed by atoms with Gasteiger partial charge in [-0.25, -0.2) is 4.39 Å². The molecule has 1 aromatic heterocycles. The van der Waals surface area contributed by atoms with Crippen LogP contribution in [0.1, 0.15) is 6.92 Å². The molecule has 18 heavy (non-hydrogen) atoms. The van der Waals surface area contributed by atoms with Crippen LogP contribution in [0, 0.1) is 5.82 Å². The van der Waals surface area contributed by atoms with Gasteiger partial charge in [-0.2, -0.15) is 15.0 Å². The molecule has 0 amide bonds. The predicted molar refractivity (Wildman–Crippen MR) is 65.9 cm³/mol. The van der Waals surface area contributed by atoms with Crippen molar-refractivity contribution in [2.24, 2.45) is 0 Å². The highest BCUT2D eigenvalue weighted by atomic mass is 32.2. The Balaban J connectivity index is 2.23. The first-order chi connectivity index (χ1) is 8.67. The summed E-state index contributed by atoms with van der Waals surface area (Å²) in [6.45, 7) is 2.26. The van der Waals surface area contributed by atoms with Crippen molar-refractivity contribution in [3.05, 3.63) is 30.1 Å². The van der Waals surface area contributed by atoms with E-state index in [1.165, 1.54) is 23.9 Å². The van der Waals surface area contributed by atoms with E-state index in [0.717, 1.165) is 0 Å². The van der Waals surface area contributed by atoms with Crippen molar-refractivity contribution in [3.63, 3.8) is 0 Å². The number of nitrogens with two attached hydrogens (primary N) is 1. The summed E-state index contributed by atoms with van der Waals surface area (Å²) in [7, 11) is 0. The Labute approximate surface area is 108 Å². The number of ether oxygens (including phenoxy) is 1. The number of nitrogens with zero attached hydrogens (tertiary/aromatic N) is 3. The Morgan fingerprint density at radius 3 is 2.89 bits per heavy atom. The minimum atomic E-state index is -0.313. The van der Waals surface area contributed by atoms with E-state index in [1.54, 1.807) is 12.1 Å². The van der Waals surface area contributed by atoms with Crippen LogP contribution in [-0.4, -0.2) is 21.6 Å². The first kappa shape index (κ1) is 12.6. The second-order valence-corrected chi connectivity index (χ2v) is 4.29. The third-order valence-corrected chi connectivity index (χ3v) is 2.75. The van der Waals surface area contributed by atoms with Crippen LogP contribution in [0.3, 0.4) is 0 Å². The van der Waals surface area contributed by atoms with Crippen molar-refractivity contribution in [1.29, 1.82) is 0 Å². The number of hydrogen-bond donors (Lipinski definition) is 1. The molecule has 0 atom stereocenters. The molecular formula is C11H11FN4OS. The van der Waals surface area contributed by atoms with Crippen LogP contribution in [-0.2, 0) is 0 Å². The first-order valence-corrected chi connectivity index (χ1v) is 6.07.